The van der Waals surface area contributed by atoms with Crippen molar-refractivity contribution < 1.29 is 9.72 Å². The van der Waals surface area contributed by atoms with E-state index in [1.165, 1.54) is 12.1 Å². The van der Waals surface area contributed by atoms with Crippen LogP contribution in [-0.2, 0) is 6.42 Å². The summed E-state index contributed by atoms with van der Waals surface area (Å²) in [5, 5.41) is 24.9. The van der Waals surface area contributed by atoms with E-state index in [-0.39, 0.29) is 11.6 Å². The van der Waals surface area contributed by atoms with Crippen molar-refractivity contribution in [2.75, 3.05) is 19.6 Å². The van der Waals surface area contributed by atoms with Crippen LogP contribution in [-0.4, -0.2) is 45.5 Å². The van der Waals surface area contributed by atoms with Crippen LogP contribution in [0.25, 0.3) is 0 Å². The van der Waals surface area contributed by atoms with Gasteiger partial charge in [-0.2, -0.15) is 0 Å². The normalized spacial score (nSPS) is 14.8. The van der Waals surface area contributed by atoms with Crippen molar-refractivity contribution in [3.63, 3.8) is 0 Å². The summed E-state index contributed by atoms with van der Waals surface area (Å²) in [4.78, 5) is 22.4. The van der Waals surface area contributed by atoms with Gasteiger partial charge in [-0.1, -0.05) is 17.3 Å². The van der Waals surface area contributed by atoms with Gasteiger partial charge in [0.25, 0.3) is 11.6 Å². The van der Waals surface area contributed by atoms with Crippen LogP contribution in [0.2, 0.25) is 0 Å². The highest BCUT2D eigenvalue weighted by Gasteiger charge is 2.18. The Labute approximate surface area is 157 Å². The van der Waals surface area contributed by atoms with Crippen LogP contribution in [0.4, 0.5) is 5.69 Å². The highest BCUT2D eigenvalue weighted by Crippen LogP contribution is 2.17. The van der Waals surface area contributed by atoms with Crippen molar-refractivity contribution >= 4 is 11.6 Å². The Morgan fingerprint density at radius 3 is 2.70 bits per heavy atom. The number of rotatable bonds is 8. The minimum atomic E-state index is -0.402. The van der Waals surface area contributed by atoms with Crippen LogP contribution >= 0.6 is 0 Å². The molecule has 1 aliphatic heterocycles. The molecule has 1 aliphatic rings. The molecule has 27 heavy (non-hydrogen) atoms. The summed E-state index contributed by atoms with van der Waals surface area (Å²) in [5.74, 6) is -0.203. The second-order valence-corrected chi connectivity index (χ2v) is 6.70. The molecule has 0 atom stereocenters. The Morgan fingerprint density at radius 1 is 1.26 bits per heavy atom. The van der Waals surface area contributed by atoms with Crippen LogP contribution in [0.3, 0.4) is 0 Å². The number of carbonyl (C=O) groups is 1. The van der Waals surface area contributed by atoms with Crippen molar-refractivity contribution in [3.8, 4) is 0 Å². The number of nitrogens with zero attached hydrogens (tertiary/aromatic N) is 4. The van der Waals surface area contributed by atoms with E-state index >= 15 is 0 Å². The quantitative estimate of drug-likeness (QED) is 0.415. The summed E-state index contributed by atoms with van der Waals surface area (Å²) in [6, 6.07) is 6.89. The second kappa shape index (κ2) is 9.22. The topological polar surface area (TPSA) is 115 Å². The third-order valence-electron chi connectivity index (χ3n) is 4.75. The molecule has 1 fully saturated rings. The van der Waals surface area contributed by atoms with Crippen molar-refractivity contribution in [2.45, 2.75) is 38.1 Å². The maximum absolute atomic E-state index is 12.2. The fraction of sp³-hybridized carbons (Fsp3) is 0.500. The number of nitro benzene ring substituents is 1. The zero-order valence-electron chi connectivity index (χ0n) is 15.1. The van der Waals surface area contributed by atoms with Crippen molar-refractivity contribution in [2.24, 2.45) is 0 Å². The van der Waals surface area contributed by atoms with Crippen LogP contribution in [0.15, 0.2) is 30.5 Å². The predicted octanol–water partition coefficient (Wildman–Crippen LogP) is 1.86. The second-order valence-electron chi connectivity index (χ2n) is 6.70. The van der Waals surface area contributed by atoms with Crippen LogP contribution in [0.1, 0.15) is 47.8 Å². The monoisotopic (exact) mass is 372 g/mol. The molecule has 2 N–H and O–H groups in total. The number of piperidine rings is 1. The van der Waals surface area contributed by atoms with Gasteiger partial charge in [0.15, 0.2) is 5.69 Å². The SMILES string of the molecule is O=C(NCCCCc1ccc([N+](=O)[O-])cc1)c1cn(C2CCNCC2)nn1. The van der Waals surface area contributed by atoms with Gasteiger partial charge in [-0.15, -0.1) is 5.10 Å². The van der Waals surface area contributed by atoms with E-state index in [0.29, 0.717) is 18.3 Å². The molecule has 1 amide bonds. The van der Waals surface area contributed by atoms with E-state index in [4.69, 9.17) is 0 Å². The molecule has 0 saturated carbocycles. The molecule has 0 unspecified atom stereocenters. The lowest BCUT2D eigenvalue weighted by atomic mass is 10.1. The maximum atomic E-state index is 12.2. The zero-order valence-corrected chi connectivity index (χ0v) is 15.1. The average Bonchev–Trinajstić information content (AvgIpc) is 3.19. The number of hydrogen-bond acceptors (Lipinski definition) is 6. The number of hydrogen-bond donors (Lipinski definition) is 2. The Bertz CT molecular complexity index is 768. The molecular formula is C18H24N6O3. The van der Waals surface area contributed by atoms with E-state index in [0.717, 1.165) is 50.8 Å². The lowest BCUT2D eigenvalue weighted by Crippen LogP contribution is -2.29. The van der Waals surface area contributed by atoms with Crippen molar-refractivity contribution in [1.82, 2.24) is 25.6 Å². The summed E-state index contributed by atoms with van der Waals surface area (Å²) in [5.41, 5.74) is 1.50. The maximum Gasteiger partial charge on any atom is 0.273 e. The van der Waals surface area contributed by atoms with Gasteiger partial charge in [0, 0.05) is 18.7 Å². The number of nitrogens with one attached hydrogen (secondary N) is 2. The van der Waals surface area contributed by atoms with Crippen molar-refractivity contribution in [3.05, 3.63) is 51.8 Å². The zero-order chi connectivity index (χ0) is 19.1. The molecule has 1 saturated heterocycles. The van der Waals surface area contributed by atoms with Gasteiger partial charge in [-0.3, -0.25) is 14.9 Å². The predicted molar refractivity (Wildman–Crippen MR) is 99.5 cm³/mol. The molecule has 0 bridgehead atoms. The number of unbranched alkanes of at least 4 members (excludes halogenated alkanes) is 1. The first kappa shape index (κ1) is 19.0. The Morgan fingerprint density at radius 2 is 2.00 bits per heavy atom. The summed E-state index contributed by atoms with van der Waals surface area (Å²) >= 11 is 0. The molecule has 2 heterocycles. The van der Waals surface area contributed by atoms with Crippen LogP contribution in [0.5, 0.6) is 0 Å². The van der Waals surface area contributed by atoms with Gasteiger partial charge in [0.05, 0.1) is 17.2 Å². The molecule has 0 radical (unpaired) electrons. The highest BCUT2D eigenvalue weighted by molar-refractivity contribution is 5.91. The highest BCUT2D eigenvalue weighted by atomic mass is 16.6. The molecule has 144 valence electrons. The third-order valence-corrected chi connectivity index (χ3v) is 4.75. The van der Waals surface area contributed by atoms with Gasteiger partial charge in [-0.05, 0) is 50.8 Å². The van der Waals surface area contributed by atoms with Crippen LogP contribution < -0.4 is 10.6 Å². The molecular weight excluding hydrogens is 348 g/mol. The first-order valence-corrected chi connectivity index (χ1v) is 9.27. The van der Waals surface area contributed by atoms with E-state index in [1.807, 2.05) is 0 Å². The van der Waals surface area contributed by atoms with E-state index in [1.54, 1.807) is 23.0 Å². The lowest BCUT2D eigenvalue weighted by molar-refractivity contribution is -0.384. The van der Waals surface area contributed by atoms with Crippen LogP contribution in [0, 0.1) is 10.1 Å². The number of amides is 1. The largest absolute Gasteiger partial charge is 0.351 e. The third kappa shape index (κ3) is 5.33. The minimum absolute atomic E-state index is 0.101. The van der Waals surface area contributed by atoms with Gasteiger partial charge >= 0.3 is 0 Å². The average molecular weight is 372 g/mol. The standard InChI is InChI=1S/C18H24N6O3/c25-18(17-13-23(22-21-17)15-8-11-19-12-9-15)20-10-2-1-3-14-4-6-16(7-5-14)24(26)27/h4-7,13,15,19H,1-3,8-12H2,(H,20,25). The fourth-order valence-corrected chi connectivity index (χ4v) is 3.16. The lowest BCUT2D eigenvalue weighted by Gasteiger charge is -2.22. The van der Waals surface area contributed by atoms with E-state index in [2.05, 4.69) is 20.9 Å². The summed E-state index contributed by atoms with van der Waals surface area (Å²) < 4.78 is 1.80. The minimum Gasteiger partial charge on any atom is -0.351 e. The fourth-order valence-electron chi connectivity index (χ4n) is 3.16. The number of benzene rings is 1. The summed E-state index contributed by atoms with van der Waals surface area (Å²) in [6.45, 7) is 2.48. The van der Waals surface area contributed by atoms with E-state index < -0.39 is 4.92 Å². The smallest absolute Gasteiger partial charge is 0.273 e. The molecule has 0 spiro atoms. The molecule has 9 nitrogen and oxygen atoms in total. The van der Waals surface area contributed by atoms with E-state index in [9.17, 15) is 14.9 Å². The molecule has 2 aromatic rings. The van der Waals surface area contributed by atoms with Gasteiger partial charge in [-0.25, -0.2) is 4.68 Å². The number of carbonyl (C=O) groups excluding carboxylic acids is 1. The first-order valence-electron chi connectivity index (χ1n) is 9.27. The first-order chi connectivity index (χ1) is 13.1. The Balaban J connectivity index is 1.37. The molecule has 0 aliphatic carbocycles. The van der Waals surface area contributed by atoms with Gasteiger partial charge in [0.2, 0.25) is 0 Å². The van der Waals surface area contributed by atoms with Gasteiger partial charge < -0.3 is 10.6 Å². The number of non-ortho nitro benzene ring substituents is 1. The number of aromatic nitrogens is 3. The molecule has 3 rings (SSSR count). The number of nitro groups is 1. The number of aryl methyl sites for hydroxylation is 1. The molecule has 1 aromatic carbocycles. The van der Waals surface area contributed by atoms with Gasteiger partial charge in [0.1, 0.15) is 0 Å². The Kier molecular flexibility index (Phi) is 6.48. The molecule has 9 heteroatoms. The summed E-state index contributed by atoms with van der Waals surface area (Å²) in [6.07, 6.45) is 6.24. The molecule has 1 aromatic heterocycles. The Hall–Kier alpha value is -2.81. The van der Waals surface area contributed by atoms with Crippen molar-refractivity contribution in [1.29, 1.82) is 0 Å². The summed E-state index contributed by atoms with van der Waals surface area (Å²) in [7, 11) is 0.